The van der Waals surface area contributed by atoms with E-state index < -0.39 is 16.1 Å². The number of aromatic nitrogens is 1. The fraction of sp³-hybridized carbons (Fsp3) is 0.250. The third-order valence-electron chi connectivity index (χ3n) is 2.50. The Morgan fingerprint density at radius 3 is 2.89 bits per heavy atom. The number of nitrogens with one attached hydrogen (secondary N) is 1. The number of sulfonamides is 1. The molecule has 0 amide bonds. The maximum Gasteiger partial charge on any atom is 0.241 e. The van der Waals surface area contributed by atoms with Gasteiger partial charge < -0.3 is 5.11 Å². The van der Waals surface area contributed by atoms with Crippen molar-refractivity contribution >= 4 is 20.8 Å². The highest BCUT2D eigenvalue weighted by Gasteiger charge is 2.17. The van der Waals surface area contributed by atoms with Crippen molar-refractivity contribution in [3.05, 3.63) is 36.7 Å². The van der Waals surface area contributed by atoms with Crippen molar-refractivity contribution in [1.82, 2.24) is 9.71 Å². The molecule has 18 heavy (non-hydrogen) atoms. The van der Waals surface area contributed by atoms with Crippen molar-refractivity contribution in [2.45, 2.75) is 17.9 Å². The van der Waals surface area contributed by atoms with Gasteiger partial charge in [-0.1, -0.05) is 12.1 Å². The lowest BCUT2D eigenvalue weighted by Gasteiger charge is -2.10. The van der Waals surface area contributed by atoms with E-state index in [1.54, 1.807) is 30.6 Å². The predicted molar refractivity (Wildman–Crippen MR) is 68.6 cm³/mol. The second-order valence-corrected chi connectivity index (χ2v) is 5.79. The minimum absolute atomic E-state index is 0.0101. The van der Waals surface area contributed by atoms with Gasteiger partial charge in [-0.3, -0.25) is 4.98 Å². The molecule has 96 valence electrons. The zero-order valence-electron chi connectivity index (χ0n) is 9.87. The molecule has 0 aliphatic rings. The van der Waals surface area contributed by atoms with E-state index in [1.807, 2.05) is 0 Å². The third-order valence-corrected chi connectivity index (χ3v) is 3.98. The summed E-state index contributed by atoms with van der Waals surface area (Å²) in [4.78, 5) is 4.15. The van der Waals surface area contributed by atoms with E-state index in [2.05, 4.69) is 9.71 Å². The van der Waals surface area contributed by atoms with Crippen molar-refractivity contribution in [2.24, 2.45) is 0 Å². The standard InChI is InChI=1S/C12H14N2O3S/c1-9(15)7-14-18(16,17)12-4-2-3-10-8-13-6-5-11(10)12/h2-6,8-9,14-15H,7H2,1H3. The first-order chi connectivity index (χ1) is 8.50. The average Bonchev–Trinajstić information content (AvgIpc) is 2.36. The topological polar surface area (TPSA) is 79.3 Å². The molecule has 5 nitrogen and oxygen atoms in total. The van der Waals surface area contributed by atoms with Crippen LogP contribution in [0.25, 0.3) is 10.8 Å². The molecular weight excluding hydrogens is 252 g/mol. The second kappa shape index (κ2) is 5.01. The molecule has 1 aromatic heterocycles. The molecule has 0 spiro atoms. The van der Waals surface area contributed by atoms with Gasteiger partial charge >= 0.3 is 0 Å². The molecule has 1 aromatic carbocycles. The molecule has 0 saturated heterocycles. The number of pyridine rings is 1. The van der Waals surface area contributed by atoms with Crippen molar-refractivity contribution in [3.8, 4) is 0 Å². The Balaban J connectivity index is 2.47. The van der Waals surface area contributed by atoms with E-state index in [-0.39, 0.29) is 11.4 Å². The number of rotatable bonds is 4. The van der Waals surface area contributed by atoms with Crippen LogP contribution in [0.5, 0.6) is 0 Å². The summed E-state index contributed by atoms with van der Waals surface area (Å²) in [6, 6.07) is 6.66. The first kappa shape index (κ1) is 12.9. The summed E-state index contributed by atoms with van der Waals surface area (Å²) in [6.07, 6.45) is 2.44. The summed E-state index contributed by atoms with van der Waals surface area (Å²) in [5, 5.41) is 10.5. The monoisotopic (exact) mass is 266 g/mol. The second-order valence-electron chi connectivity index (χ2n) is 4.05. The lowest BCUT2D eigenvalue weighted by atomic mass is 10.2. The third kappa shape index (κ3) is 2.66. The number of benzene rings is 1. The van der Waals surface area contributed by atoms with Crippen LogP contribution >= 0.6 is 0 Å². The predicted octanol–water partition coefficient (Wildman–Crippen LogP) is 0.894. The maximum atomic E-state index is 12.1. The summed E-state index contributed by atoms with van der Waals surface area (Å²) < 4.78 is 26.6. The summed E-state index contributed by atoms with van der Waals surface area (Å²) in [6.45, 7) is 1.51. The van der Waals surface area contributed by atoms with E-state index in [1.165, 1.54) is 13.0 Å². The zero-order chi connectivity index (χ0) is 13.2. The summed E-state index contributed by atoms with van der Waals surface area (Å²) in [5.41, 5.74) is 0. The number of nitrogens with zero attached hydrogens (tertiary/aromatic N) is 1. The normalized spacial score (nSPS) is 13.7. The van der Waals surface area contributed by atoms with Crippen LogP contribution in [-0.2, 0) is 10.0 Å². The van der Waals surface area contributed by atoms with Crippen molar-refractivity contribution in [1.29, 1.82) is 0 Å². The van der Waals surface area contributed by atoms with Gasteiger partial charge in [0.05, 0.1) is 11.0 Å². The smallest absolute Gasteiger partial charge is 0.241 e. The van der Waals surface area contributed by atoms with Crippen molar-refractivity contribution in [2.75, 3.05) is 6.54 Å². The Labute approximate surface area is 106 Å². The van der Waals surface area contributed by atoms with Gasteiger partial charge in [-0.15, -0.1) is 0 Å². The van der Waals surface area contributed by atoms with E-state index in [0.717, 1.165) is 5.39 Å². The highest BCUT2D eigenvalue weighted by atomic mass is 32.2. The zero-order valence-corrected chi connectivity index (χ0v) is 10.7. The van der Waals surface area contributed by atoms with E-state index in [0.29, 0.717) is 5.39 Å². The first-order valence-corrected chi connectivity index (χ1v) is 6.99. The quantitative estimate of drug-likeness (QED) is 0.861. The lowest BCUT2D eigenvalue weighted by Crippen LogP contribution is -2.30. The molecule has 2 rings (SSSR count). The van der Waals surface area contributed by atoms with Gasteiger partial charge in [0.25, 0.3) is 0 Å². The van der Waals surface area contributed by atoms with Crippen LogP contribution in [0.1, 0.15) is 6.92 Å². The van der Waals surface area contributed by atoms with Crippen LogP contribution in [0.2, 0.25) is 0 Å². The molecule has 1 atom stereocenters. The Kier molecular flexibility index (Phi) is 3.60. The number of aliphatic hydroxyl groups excluding tert-OH is 1. The summed E-state index contributed by atoms with van der Waals surface area (Å²) in [7, 11) is -3.62. The lowest BCUT2D eigenvalue weighted by molar-refractivity contribution is 0.198. The SMILES string of the molecule is CC(O)CNS(=O)(=O)c1cccc2cnccc12. The molecule has 1 heterocycles. The van der Waals surface area contributed by atoms with Crippen LogP contribution in [-0.4, -0.2) is 31.2 Å². The molecule has 1 unspecified atom stereocenters. The molecule has 0 fully saturated rings. The molecule has 0 aliphatic carbocycles. The molecule has 0 aliphatic heterocycles. The van der Waals surface area contributed by atoms with Crippen molar-refractivity contribution in [3.63, 3.8) is 0 Å². The highest BCUT2D eigenvalue weighted by molar-refractivity contribution is 7.89. The number of fused-ring (bicyclic) bond motifs is 1. The Morgan fingerprint density at radius 1 is 1.39 bits per heavy atom. The van der Waals surface area contributed by atoms with Crippen LogP contribution < -0.4 is 4.72 Å². The average molecular weight is 266 g/mol. The van der Waals surface area contributed by atoms with Crippen LogP contribution in [0.3, 0.4) is 0 Å². The number of hydrogen-bond donors (Lipinski definition) is 2. The minimum Gasteiger partial charge on any atom is -0.392 e. The number of hydrogen-bond acceptors (Lipinski definition) is 4. The molecule has 0 saturated carbocycles. The van der Waals surface area contributed by atoms with Crippen LogP contribution in [0.15, 0.2) is 41.6 Å². The van der Waals surface area contributed by atoms with Gasteiger partial charge in [0.1, 0.15) is 0 Å². The highest BCUT2D eigenvalue weighted by Crippen LogP contribution is 2.21. The summed E-state index contributed by atoms with van der Waals surface area (Å²) in [5.74, 6) is 0. The molecule has 2 N–H and O–H groups in total. The Morgan fingerprint density at radius 2 is 2.17 bits per heavy atom. The first-order valence-electron chi connectivity index (χ1n) is 5.51. The fourth-order valence-corrected chi connectivity index (χ4v) is 2.98. The number of aliphatic hydroxyl groups is 1. The maximum absolute atomic E-state index is 12.1. The molecule has 0 bridgehead atoms. The van der Waals surface area contributed by atoms with Gasteiger partial charge in [-0.05, 0) is 19.1 Å². The summed E-state index contributed by atoms with van der Waals surface area (Å²) >= 11 is 0. The van der Waals surface area contributed by atoms with Gasteiger partial charge in [0.2, 0.25) is 10.0 Å². The van der Waals surface area contributed by atoms with Gasteiger partial charge in [-0.25, -0.2) is 13.1 Å². The minimum atomic E-state index is -3.62. The largest absolute Gasteiger partial charge is 0.392 e. The molecule has 2 aromatic rings. The van der Waals surface area contributed by atoms with Crippen molar-refractivity contribution < 1.29 is 13.5 Å². The molecule has 6 heteroatoms. The van der Waals surface area contributed by atoms with Gasteiger partial charge in [0.15, 0.2) is 0 Å². The molecular formula is C12H14N2O3S. The van der Waals surface area contributed by atoms with Gasteiger partial charge in [-0.2, -0.15) is 0 Å². The van der Waals surface area contributed by atoms with E-state index >= 15 is 0 Å². The van der Waals surface area contributed by atoms with Crippen LogP contribution in [0.4, 0.5) is 0 Å². The van der Waals surface area contributed by atoms with Crippen LogP contribution in [0, 0.1) is 0 Å². The molecule has 0 radical (unpaired) electrons. The van der Waals surface area contributed by atoms with Gasteiger partial charge in [0, 0.05) is 29.7 Å². The van der Waals surface area contributed by atoms with E-state index in [4.69, 9.17) is 5.11 Å². The fourth-order valence-electron chi connectivity index (χ4n) is 1.64. The van der Waals surface area contributed by atoms with E-state index in [9.17, 15) is 8.42 Å². The Bertz CT molecular complexity index is 648. The Hall–Kier alpha value is -1.50.